The Morgan fingerprint density at radius 1 is 1.32 bits per heavy atom. The Morgan fingerprint density at radius 3 is 2.80 bits per heavy atom. The topological polar surface area (TPSA) is 86.5 Å². The number of hydrogen-bond donors (Lipinski definition) is 1. The van der Waals surface area contributed by atoms with Crippen molar-refractivity contribution in [2.75, 3.05) is 24.2 Å². The molecule has 0 spiro atoms. The molecule has 0 saturated heterocycles. The number of benzene rings is 1. The number of rotatable bonds is 5. The highest BCUT2D eigenvalue weighted by molar-refractivity contribution is 7.99. The molecule has 1 N–H and O–H groups in total. The molecule has 0 radical (unpaired) electrons. The lowest BCUT2D eigenvalue weighted by Gasteiger charge is -2.14. The Hall–Kier alpha value is -3.16. The third kappa shape index (κ3) is 5.17. The van der Waals surface area contributed by atoms with Crippen molar-refractivity contribution in [3.8, 4) is 23.7 Å². The van der Waals surface area contributed by atoms with Crippen LogP contribution in [0.5, 0.6) is 5.75 Å². The van der Waals surface area contributed by atoms with Crippen molar-refractivity contribution in [3.05, 3.63) is 53.3 Å². The number of carboxylic acid groups (broad SMARTS) is 1. The van der Waals surface area contributed by atoms with Crippen molar-refractivity contribution in [3.63, 3.8) is 0 Å². The number of aromatic nitrogens is 1. The average Bonchev–Trinajstić information content (AvgIpc) is 2.64. The normalized spacial score (nSPS) is 9.48. The molecule has 0 atom stereocenters. The van der Waals surface area contributed by atoms with Gasteiger partial charge >= 0.3 is 5.97 Å². The molecule has 0 amide bonds. The molecule has 0 bridgehead atoms. The number of hydrogen-bond acceptors (Lipinski definition) is 6. The smallest absolute Gasteiger partial charge is 0.341 e. The van der Waals surface area contributed by atoms with Gasteiger partial charge in [0.15, 0.2) is 6.61 Å². The van der Waals surface area contributed by atoms with Crippen molar-refractivity contribution in [1.82, 2.24) is 4.98 Å². The maximum atomic E-state index is 10.7. The fraction of sp³-hybridized carbons (Fsp3) is 0.167. The van der Waals surface area contributed by atoms with Crippen LogP contribution >= 0.6 is 11.9 Å². The number of carboxylic acids is 1. The zero-order valence-electron chi connectivity index (χ0n) is 13.7. The molecular weight excluding hydrogens is 338 g/mol. The average molecular weight is 353 g/mol. The summed E-state index contributed by atoms with van der Waals surface area (Å²) >= 11 is 1.55. The zero-order chi connectivity index (χ0) is 18.2. The van der Waals surface area contributed by atoms with Gasteiger partial charge in [-0.3, -0.25) is 4.98 Å². The summed E-state index contributed by atoms with van der Waals surface area (Å²) in [5, 5.41) is 17.8. The van der Waals surface area contributed by atoms with Gasteiger partial charge in [0, 0.05) is 25.1 Å². The van der Waals surface area contributed by atoms with Gasteiger partial charge in [-0.25, -0.2) is 4.79 Å². The van der Waals surface area contributed by atoms with Crippen LogP contribution in [-0.2, 0) is 4.79 Å². The molecule has 126 valence electrons. The van der Waals surface area contributed by atoms with E-state index in [1.165, 1.54) is 0 Å². The minimum atomic E-state index is -1.08. The summed E-state index contributed by atoms with van der Waals surface area (Å²) in [4.78, 5) is 14.9. The van der Waals surface area contributed by atoms with Gasteiger partial charge in [0.25, 0.3) is 0 Å². The molecule has 0 aliphatic rings. The summed E-state index contributed by atoms with van der Waals surface area (Å²) in [5.74, 6) is 5.14. The van der Waals surface area contributed by atoms with Crippen LogP contribution < -0.4 is 9.04 Å². The largest absolute Gasteiger partial charge is 0.481 e. The first-order valence-corrected chi connectivity index (χ1v) is 8.35. The van der Waals surface area contributed by atoms with E-state index in [1.807, 2.05) is 29.7 Å². The van der Waals surface area contributed by atoms with E-state index in [0.717, 1.165) is 5.69 Å². The second-order valence-electron chi connectivity index (χ2n) is 4.87. The zero-order valence-corrected chi connectivity index (χ0v) is 14.5. The van der Waals surface area contributed by atoms with Crippen molar-refractivity contribution < 1.29 is 14.6 Å². The second-order valence-corrected chi connectivity index (χ2v) is 5.78. The van der Waals surface area contributed by atoms with Crippen LogP contribution in [0.4, 0.5) is 5.69 Å². The van der Waals surface area contributed by atoms with Crippen LogP contribution in [0.15, 0.2) is 36.7 Å². The molecule has 0 aliphatic carbocycles. The van der Waals surface area contributed by atoms with Gasteiger partial charge in [-0.05, 0) is 24.3 Å². The van der Waals surface area contributed by atoms with Crippen LogP contribution in [0, 0.1) is 23.2 Å². The highest BCUT2D eigenvalue weighted by atomic mass is 32.2. The summed E-state index contributed by atoms with van der Waals surface area (Å²) in [5.41, 5.74) is 2.47. The lowest BCUT2D eigenvalue weighted by molar-refractivity contribution is -0.139. The van der Waals surface area contributed by atoms with E-state index < -0.39 is 12.6 Å². The Bertz CT molecular complexity index is 881. The summed E-state index contributed by atoms with van der Waals surface area (Å²) in [6.07, 6.45) is 5.33. The van der Waals surface area contributed by atoms with Crippen LogP contribution in [0.1, 0.15) is 16.7 Å². The standard InChI is InChI=1S/C18H15N3O3S/c1-21(25-2)16-8-14(10-20-11-16)3-5-15-7-13(9-19)4-6-17(15)24-12-18(22)23/h4,6-8,10-11H,12H2,1-2H3,(H,22,23). The van der Waals surface area contributed by atoms with Gasteiger partial charge < -0.3 is 14.1 Å². The van der Waals surface area contributed by atoms with Crippen molar-refractivity contribution >= 4 is 23.6 Å². The molecule has 7 heteroatoms. The van der Waals surface area contributed by atoms with E-state index in [1.54, 1.807) is 42.5 Å². The number of nitrogens with zero attached hydrogens (tertiary/aromatic N) is 3. The predicted octanol–water partition coefficient (Wildman–Crippen LogP) is 2.53. The Kier molecular flexibility index (Phi) is 6.27. The molecule has 6 nitrogen and oxygen atoms in total. The SMILES string of the molecule is CSN(C)c1cncc(C#Cc2cc(C#N)ccc2OCC(=O)O)c1. The molecule has 0 aliphatic heterocycles. The summed E-state index contributed by atoms with van der Waals surface area (Å²) in [7, 11) is 1.92. The van der Waals surface area contributed by atoms with Gasteiger partial charge in [0.1, 0.15) is 5.75 Å². The highest BCUT2D eigenvalue weighted by Gasteiger charge is 2.06. The van der Waals surface area contributed by atoms with Gasteiger partial charge in [0.2, 0.25) is 0 Å². The molecular formula is C18H15N3O3S. The number of ether oxygens (including phenoxy) is 1. The quantitative estimate of drug-likeness (QED) is 0.653. The third-order valence-corrected chi connectivity index (χ3v) is 3.92. The molecule has 2 aromatic rings. The van der Waals surface area contributed by atoms with E-state index in [4.69, 9.17) is 15.1 Å². The molecule has 0 fully saturated rings. The number of pyridine rings is 1. The van der Waals surface area contributed by atoms with Crippen LogP contribution in [0.2, 0.25) is 0 Å². The fourth-order valence-electron chi connectivity index (χ4n) is 1.88. The number of anilines is 1. The van der Waals surface area contributed by atoms with Gasteiger partial charge in [0.05, 0.1) is 29.1 Å². The molecule has 25 heavy (non-hydrogen) atoms. The number of carbonyl (C=O) groups is 1. The van der Waals surface area contributed by atoms with E-state index in [0.29, 0.717) is 22.4 Å². The maximum absolute atomic E-state index is 10.7. The van der Waals surface area contributed by atoms with Gasteiger partial charge in [-0.15, -0.1) is 0 Å². The lowest BCUT2D eigenvalue weighted by Crippen LogP contribution is -2.10. The fourth-order valence-corrected chi connectivity index (χ4v) is 2.19. The Balaban J connectivity index is 2.35. The Labute approximate surface area is 150 Å². The second kappa shape index (κ2) is 8.62. The van der Waals surface area contributed by atoms with E-state index >= 15 is 0 Å². The third-order valence-electron chi connectivity index (χ3n) is 3.16. The van der Waals surface area contributed by atoms with Crippen molar-refractivity contribution in [1.29, 1.82) is 5.26 Å². The van der Waals surface area contributed by atoms with Crippen molar-refractivity contribution in [2.24, 2.45) is 0 Å². The van der Waals surface area contributed by atoms with Crippen LogP contribution in [0.3, 0.4) is 0 Å². The highest BCUT2D eigenvalue weighted by Crippen LogP contribution is 2.20. The first-order valence-electron chi connectivity index (χ1n) is 7.17. The van der Waals surface area contributed by atoms with E-state index in [2.05, 4.69) is 16.8 Å². The monoisotopic (exact) mass is 353 g/mol. The molecule has 0 saturated carbocycles. The predicted molar refractivity (Wildman–Crippen MR) is 96.4 cm³/mol. The first kappa shape index (κ1) is 18.2. The lowest BCUT2D eigenvalue weighted by atomic mass is 10.1. The molecule has 2 rings (SSSR count). The summed E-state index contributed by atoms with van der Waals surface area (Å²) in [6, 6.07) is 8.58. The van der Waals surface area contributed by atoms with Crippen LogP contribution in [0.25, 0.3) is 0 Å². The van der Waals surface area contributed by atoms with Crippen LogP contribution in [-0.4, -0.2) is 36.0 Å². The Morgan fingerprint density at radius 2 is 2.12 bits per heavy atom. The van der Waals surface area contributed by atoms with Gasteiger partial charge in [-0.1, -0.05) is 23.8 Å². The number of aliphatic carboxylic acids is 1. The summed E-state index contributed by atoms with van der Waals surface area (Å²) < 4.78 is 7.18. The van der Waals surface area contributed by atoms with E-state index in [-0.39, 0.29) is 0 Å². The molecule has 0 unspecified atom stereocenters. The maximum Gasteiger partial charge on any atom is 0.341 e. The minimum absolute atomic E-state index is 0.319. The molecule has 1 aromatic carbocycles. The van der Waals surface area contributed by atoms with Crippen molar-refractivity contribution in [2.45, 2.75) is 0 Å². The molecule has 1 aromatic heterocycles. The van der Waals surface area contributed by atoms with E-state index in [9.17, 15) is 4.79 Å². The minimum Gasteiger partial charge on any atom is -0.481 e. The van der Waals surface area contributed by atoms with Gasteiger partial charge in [-0.2, -0.15) is 5.26 Å². The molecule has 1 heterocycles. The number of nitriles is 1. The summed E-state index contributed by atoms with van der Waals surface area (Å²) in [6.45, 7) is -0.476. The first-order chi connectivity index (χ1) is 12.0.